The first-order valence-electron chi connectivity index (χ1n) is 9.38. The van der Waals surface area contributed by atoms with Crippen LogP contribution in [0.2, 0.25) is 0 Å². The molecule has 1 aromatic carbocycles. The van der Waals surface area contributed by atoms with Crippen molar-refractivity contribution in [3.63, 3.8) is 0 Å². The molecule has 1 amide bonds. The van der Waals surface area contributed by atoms with Gasteiger partial charge in [-0.3, -0.25) is 4.79 Å². The maximum Gasteiger partial charge on any atom is 0.277 e. The summed E-state index contributed by atoms with van der Waals surface area (Å²) >= 11 is 0. The summed E-state index contributed by atoms with van der Waals surface area (Å²) < 4.78 is 0. The number of hydrogen-bond acceptors (Lipinski definition) is 3. The fourth-order valence-electron chi connectivity index (χ4n) is 3.79. The van der Waals surface area contributed by atoms with E-state index in [1.54, 1.807) is 6.07 Å². The summed E-state index contributed by atoms with van der Waals surface area (Å²) in [5, 5.41) is 9.98. The number of hydrogen-bond donors (Lipinski definition) is 2. The molecule has 1 aromatic rings. The highest BCUT2D eigenvalue weighted by molar-refractivity contribution is 5.77. The van der Waals surface area contributed by atoms with E-state index in [0.717, 1.165) is 57.8 Å². The number of rotatable bonds is 3. The van der Waals surface area contributed by atoms with E-state index in [4.69, 9.17) is 0 Å². The lowest BCUT2D eigenvalue weighted by Gasteiger charge is -2.34. The van der Waals surface area contributed by atoms with Crippen LogP contribution in [0.3, 0.4) is 0 Å². The zero-order chi connectivity index (χ0) is 16.8. The Kier molecular flexibility index (Phi) is 5.96. The van der Waals surface area contributed by atoms with Crippen molar-refractivity contribution >= 4 is 11.6 Å². The Bertz CT molecular complexity index is 533. The molecule has 5 heteroatoms. The predicted octanol–water partition coefficient (Wildman–Crippen LogP) is 0.890. The van der Waals surface area contributed by atoms with E-state index in [0.29, 0.717) is 18.2 Å². The molecule has 0 spiro atoms. The summed E-state index contributed by atoms with van der Waals surface area (Å²) in [6, 6.07) is 7.51. The van der Waals surface area contributed by atoms with Gasteiger partial charge in [0, 0.05) is 13.1 Å². The Morgan fingerprint density at radius 2 is 1.58 bits per heavy atom. The summed E-state index contributed by atoms with van der Waals surface area (Å²) in [5.41, 5.74) is 0.909. The molecule has 2 heterocycles. The highest BCUT2D eigenvalue weighted by Gasteiger charge is 2.25. The lowest BCUT2D eigenvalue weighted by molar-refractivity contribution is -0.892. The van der Waals surface area contributed by atoms with E-state index in [9.17, 15) is 9.90 Å². The molecule has 0 aliphatic carbocycles. The largest absolute Gasteiger partial charge is 0.506 e. The smallest absolute Gasteiger partial charge is 0.277 e. The van der Waals surface area contributed by atoms with E-state index in [1.807, 2.05) is 18.2 Å². The minimum Gasteiger partial charge on any atom is -0.506 e. The Balaban J connectivity index is 1.48. The average molecular weight is 332 g/mol. The standard InChI is InChI=1S/C19H29N3O2/c23-18-9-5-4-8-17(18)21-14-12-20(13-15-21)16-19(24)22-10-6-2-1-3-7-11-22/h4-5,8-9,23H,1-3,6-7,10-16H2/p+1. The molecular formula is C19H30N3O2+. The van der Waals surface area contributed by atoms with Crippen LogP contribution in [0.4, 0.5) is 5.69 Å². The molecule has 24 heavy (non-hydrogen) atoms. The van der Waals surface area contributed by atoms with Crippen LogP contribution in [0.15, 0.2) is 24.3 Å². The molecule has 0 radical (unpaired) electrons. The number of likely N-dealkylation sites (tertiary alicyclic amines) is 1. The number of anilines is 1. The summed E-state index contributed by atoms with van der Waals surface area (Å²) in [6.45, 7) is 6.18. The first-order valence-corrected chi connectivity index (χ1v) is 9.38. The fourth-order valence-corrected chi connectivity index (χ4v) is 3.79. The first kappa shape index (κ1) is 17.1. The van der Waals surface area contributed by atoms with Gasteiger partial charge >= 0.3 is 0 Å². The molecular weight excluding hydrogens is 302 g/mol. The van der Waals surface area contributed by atoms with Gasteiger partial charge in [0.2, 0.25) is 0 Å². The molecule has 0 unspecified atom stereocenters. The molecule has 5 nitrogen and oxygen atoms in total. The first-order chi connectivity index (χ1) is 11.7. The van der Waals surface area contributed by atoms with Crippen LogP contribution < -0.4 is 9.80 Å². The number of piperazine rings is 1. The SMILES string of the molecule is O=C(C[NH+]1CCN(c2ccccc2O)CC1)N1CCCCCCC1. The second-order valence-corrected chi connectivity index (χ2v) is 7.05. The average Bonchev–Trinajstić information content (AvgIpc) is 2.56. The maximum absolute atomic E-state index is 12.6. The number of aromatic hydroxyl groups is 1. The number of quaternary nitrogens is 1. The van der Waals surface area contributed by atoms with Crippen LogP contribution in [0.25, 0.3) is 0 Å². The molecule has 0 saturated carbocycles. The number of amides is 1. The van der Waals surface area contributed by atoms with E-state index in [-0.39, 0.29) is 0 Å². The molecule has 2 saturated heterocycles. The van der Waals surface area contributed by atoms with Crippen molar-refractivity contribution in [2.45, 2.75) is 32.1 Å². The van der Waals surface area contributed by atoms with Gasteiger partial charge in [-0.15, -0.1) is 0 Å². The second-order valence-electron chi connectivity index (χ2n) is 7.05. The zero-order valence-corrected chi connectivity index (χ0v) is 14.5. The number of carbonyl (C=O) groups is 1. The summed E-state index contributed by atoms with van der Waals surface area (Å²) in [5.74, 6) is 0.667. The zero-order valence-electron chi connectivity index (χ0n) is 14.5. The normalized spacial score (nSPS) is 20.5. The Morgan fingerprint density at radius 3 is 2.25 bits per heavy atom. The third-order valence-corrected chi connectivity index (χ3v) is 5.30. The lowest BCUT2D eigenvalue weighted by Crippen LogP contribution is -3.15. The fraction of sp³-hybridized carbons (Fsp3) is 0.632. The van der Waals surface area contributed by atoms with Crippen molar-refractivity contribution < 1.29 is 14.8 Å². The maximum atomic E-state index is 12.6. The predicted molar refractivity (Wildman–Crippen MR) is 95.5 cm³/mol. The second kappa shape index (κ2) is 8.38. The monoisotopic (exact) mass is 332 g/mol. The van der Waals surface area contributed by atoms with Crippen molar-refractivity contribution in [3.8, 4) is 5.75 Å². The van der Waals surface area contributed by atoms with Gasteiger partial charge in [0.1, 0.15) is 5.75 Å². The van der Waals surface area contributed by atoms with Gasteiger partial charge in [0.05, 0.1) is 31.9 Å². The number of para-hydroxylation sites is 2. The van der Waals surface area contributed by atoms with E-state index < -0.39 is 0 Å². The van der Waals surface area contributed by atoms with Gasteiger partial charge < -0.3 is 19.8 Å². The molecule has 2 aliphatic heterocycles. The lowest BCUT2D eigenvalue weighted by atomic mass is 10.1. The number of phenols is 1. The van der Waals surface area contributed by atoms with Crippen LogP contribution in [-0.2, 0) is 4.79 Å². The highest BCUT2D eigenvalue weighted by Crippen LogP contribution is 2.25. The number of nitrogens with one attached hydrogen (secondary N) is 1. The van der Waals surface area contributed by atoms with Crippen LogP contribution in [0, 0.1) is 0 Å². The van der Waals surface area contributed by atoms with Gasteiger partial charge in [0.25, 0.3) is 5.91 Å². The van der Waals surface area contributed by atoms with Crippen molar-refractivity contribution in [3.05, 3.63) is 24.3 Å². The summed E-state index contributed by atoms with van der Waals surface area (Å²) in [6.07, 6.45) is 6.15. The Morgan fingerprint density at radius 1 is 0.958 bits per heavy atom. The van der Waals surface area contributed by atoms with Gasteiger partial charge in [0.15, 0.2) is 6.54 Å². The van der Waals surface area contributed by atoms with Crippen molar-refractivity contribution in [2.75, 3.05) is 50.7 Å². The van der Waals surface area contributed by atoms with Gasteiger partial charge in [-0.1, -0.05) is 31.4 Å². The number of carbonyl (C=O) groups excluding carboxylic acids is 1. The molecule has 2 fully saturated rings. The number of nitrogens with zero attached hydrogens (tertiary/aromatic N) is 2. The van der Waals surface area contributed by atoms with Crippen molar-refractivity contribution in [2.24, 2.45) is 0 Å². The molecule has 0 aromatic heterocycles. The van der Waals surface area contributed by atoms with Crippen molar-refractivity contribution in [1.29, 1.82) is 0 Å². The molecule has 2 N–H and O–H groups in total. The summed E-state index contributed by atoms with van der Waals surface area (Å²) in [7, 11) is 0. The topological polar surface area (TPSA) is 48.2 Å². The van der Waals surface area contributed by atoms with Crippen LogP contribution in [0.1, 0.15) is 32.1 Å². The van der Waals surface area contributed by atoms with E-state index in [2.05, 4.69) is 9.80 Å². The van der Waals surface area contributed by atoms with Crippen LogP contribution >= 0.6 is 0 Å². The van der Waals surface area contributed by atoms with E-state index in [1.165, 1.54) is 24.2 Å². The quantitative estimate of drug-likeness (QED) is 0.864. The molecule has 0 bridgehead atoms. The van der Waals surface area contributed by atoms with Crippen molar-refractivity contribution in [1.82, 2.24) is 4.90 Å². The molecule has 0 atom stereocenters. The number of benzene rings is 1. The Hall–Kier alpha value is -1.75. The van der Waals surface area contributed by atoms with Crippen LogP contribution in [-0.4, -0.2) is 61.7 Å². The minimum atomic E-state index is 0.322. The van der Waals surface area contributed by atoms with Crippen LogP contribution in [0.5, 0.6) is 5.75 Å². The molecule has 2 aliphatic rings. The van der Waals surface area contributed by atoms with Gasteiger partial charge in [-0.05, 0) is 25.0 Å². The van der Waals surface area contributed by atoms with Gasteiger partial charge in [-0.25, -0.2) is 0 Å². The summed E-state index contributed by atoms with van der Waals surface area (Å²) in [4.78, 5) is 18.3. The number of phenolic OH excluding ortho intramolecular Hbond substituents is 1. The van der Waals surface area contributed by atoms with E-state index >= 15 is 0 Å². The molecule has 3 rings (SSSR count). The Labute approximate surface area is 144 Å². The third-order valence-electron chi connectivity index (χ3n) is 5.30. The molecule has 132 valence electrons. The minimum absolute atomic E-state index is 0.322. The van der Waals surface area contributed by atoms with Gasteiger partial charge in [-0.2, -0.15) is 0 Å². The highest BCUT2D eigenvalue weighted by atomic mass is 16.3. The third kappa shape index (κ3) is 4.41.